The summed E-state index contributed by atoms with van der Waals surface area (Å²) in [4.78, 5) is 11.7. The first kappa shape index (κ1) is 13.8. The van der Waals surface area contributed by atoms with E-state index in [1.165, 1.54) is 19.4 Å². The van der Waals surface area contributed by atoms with Gasteiger partial charge in [-0.1, -0.05) is 0 Å². The van der Waals surface area contributed by atoms with Crippen molar-refractivity contribution in [2.24, 2.45) is 0 Å². The maximum Gasteiger partial charge on any atom is 0.338 e. The topological polar surface area (TPSA) is 95.4 Å². The van der Waals surface area contributed by atoms with Crippen LogP contribution in [0.4, 0.5) is 0 Å². The number of carbonyl (C=O) groups is 1. The molecule has 1 heterocycles. The Labute approximate surface area is 114 Å². The fourth-order valence-electron chi connectivity index (χ4n) is 1.83. The van der Waals surface area contributed by atoms with Crippen molar-refractivity contribution >= 4 is 28.5 Å². The van der Waals surface area contributed by atoms with Gasteiger partial charge in [-0.15, -0.1) is 11.6 Å². The average molecular weight is 285 g/mol. The number of halogens is 1. The number of carbonyl (C=O) groups excluding carboxylic acids is 1. The number of esters is 1. The SMILES string of the molecule is COC(=O)c1cc(C(O)C(O)CCl)cc2[nH]ncc12. The van der Waals surface area contributed by atoms with Gasteiger partial charge in [0.1, 0.15) is 6.10 Å². The molecule has 102 valence electrons. The summed E-state index contributed by atoms with van der Waals surface area (Å²) in [7, 11) is 1.27. The minimum atomic E-state index is -1.19. The van der Waals surface area contributed by atoms with Gasteiger partial charge in [0, 0.05) is 5.39 Å². The predicted molar refractivity (Wildman–Crippen MR) is 69.1 cm³/mol. The third-order valence-corrected chi connectivity index (χ3v) is 3.17. The van der Waals surface area contributed by atoms with E-state index in [1.807, 2.05) is 0 Å². The molecule has 2 atom stereocenters. The Morgan fingerprint density at radius 2 is 2.26 bits per heavy atom. The Morgan fingerprint density at radius 3 is 2.89 bits per heavy atom. The third kappa shape index (κ3) is 2.56. The second-order valence-corrected chi connectivity index (χ2v) is 4.37. The van der Waals surface area contributed by atoms with Crippen LogP contribution in [0.3, 0.4) is 0 Å². The van der Waals surface area contributed by atoms with E-state index in [1.54, 1.807) is 6.07 Å². The number of nitrogens with one attached hydrogen (secondary N) is 1. The highest BCUT2D eigenvalue weighted by Gasteiger charge is 2.21. The minimum Gasteiger partial charge on any atom is -0.465 e. The molecule has 0 saturated heterocycles. The minimum absolute atomic E-state index is 0.115. The molecule has 0 fully saturated rings. The monoisotopic (exact) mass is 284 g/mol. The molecule has 0 aliphatic carbocycles. The van der Waals surface area contributed by atoms with Crippen molar-refractivity contribution in [3.8, 4) is 0 Å². The van der Waals surface area contributed by atoms with Crippen LogP contribution in [0.2, 0.25) is 0 Å². The van der Waals surface area contributed by atoms with E-state index in [9.17, 15) is 15.0 Å². The van der Waals surface area contributed by atoms with Crippen LogP contribution >= 0.6 is 11.6 Å². The van der Waals surface area contributed by atoms with Gasteiger partial charge in [-0.3, -0.25) is 5.10 Å². The van der Waals surface area contributed by atoms with E-state index in [0.29, 0.717) is 16.5 Å². The Morgan fingerprint density at radius 1 is 1.53 bits per heavy atom. The van der Waals surface area contributed by atoms with Crippen LogP contribution in [0.1, 0.15) is 22.0 Å². The van der Waals surface area contributed by atoms with Gasteiger partial charge in [-0.25, -0.2) is 4.79 Å². The van der Waals surface area contributed by atoms with Gasteiger partial charge in [0.25, 0.3) is 0 Å². The standard InChI is InChI=1S/C12H13ClN2O4/c1-19-12(18)7-2-6(11(17)10(16)4-13)3-9-8(7)5-14-15-9/h2-3,5,10-11,16-17H,4H2,1H3,(H,14,15). The maximum atomic E-state index is 11.7. The summed E-state index contributed by atoms with van der Waals surface area (Å²) in [6.07, 6.45) is -0.809. The lowest BCUT2D eigenvalue weighted by Crippen LogP contribution is -2.20. The number of rotatable bonds is 4. The molecular formula is C12H13ClN2O4. The molecule has 0 amide bonds. The molecule has 1 aromatic carbocycles. The number of hydrogen-bond donors (Lipinski definition) is 3. The molecule has 6 nitrogen and oxygen atoms in total. The molecule has 0 bridgehead atoms. The van der Waals surface area contributed by atoms with E-state index in [0.717, 1.165) is 0 Å². The number of ether oxygens (including phenoxy) is 1. The number of aromatic nitrogens is 2. The van der Waals surface area contributed by atoms with E-state index < -0.39 is 18.2 Å². The van der Waals surface area contributed by atoms with Gasteiger partial charge in [-0.2, -0.15) is 5.10 Å². The van der Waals surface area contributed by atoms with Crippen LogP contribution in [0.5, 0.6) is 0 Å². The summed E-state index contributed by atoms with van der Waals surface area (Å²) >= 11 is 5.50. The van der Waals surface area contributed by atoms with Gasteiger partial charge in [0.15, 0.2) is 0 Å². The summed E-state index contributed by atoms with van der Waals surface area (Å²) in [5.41, 5.74) is 1.20. The molecule has 2 rings (SSSR count). The smallest absolute Gasteiger partial charge is 0.338 e. The lowest BCUT2D eigenvalue weighted by atomic mass is 10.00. The molecule has 1 aromatic heterocycles. The Balaban J connectivity index is 2.54. The van der Waals surface area contributed by atoms with Gasteiger partial charge < -0.3 is 14.9 Å². The Hall–Kier alpha value is -1.63. The highest BCUT2D eigenvalue weighted by atomic mass is 35.5. The molecular weight excluding hydrogens is 272 g/mol. The summed E-state index contributed by atoms with van der Waals surface area (Å²) in [5, 5.41) is 26.6. The second-order valence-electron chi connectivity index (χ2n) is 4.06. The van der Waals surface area contributed by atoms with Crippen molar-refractivity contribution in [1.29, 1.82) is 0 Å². The molecule has 2 aromatic rings. The largest absolute Gasteiger partial charge is 0.465 e. The van der Waals surface area contributed by atoms with Crippen molar-refractivity contribution in [1.82, 2.24) is 10.2 Å². The number of nitrogens with zero attached hydrogens (tertiary/aromatic N) is 1. The number of H-pyrrole nitrogens is 1. The molecule has 0 aliphatic rings. The van der Waals surface area contributed by atoms with Crippen LogP contribution in [-0.4, -0.2) is 45.5 Å². The normalized spacial score (nSPS) is 14.3. The predicted octanol–water partition coefficient (Wildman–Crippen LogP) is 0.983. The first-order valence-corrected chi connectivity index (χ1v) is 6.09. The van der Waals surface area contributed by atoms with E-state index in [4.69, 9.17) is 11.6 Å². The number of aliphatic hydroxyl groups excluding tert-OH is 2. The van der Waals surface area contributed by atoms with Crippen molar-refractivity contribution in [2.75, 3.05) is 13.0 Å². The van der Waals surface area contributed by atoms with E-state index in [2.05, 4.69) is 14.9 Å². The number of hydrogen-bond acceptors (Lipinski definition) is 5. The molecule has 0 spiro atoms. The highest BCUT2D eigenvalue weighted by molar-refractivity contribution is 6.18. The van der Waals surface area contributed by atoms with E-state index in [-0.39, 0.29) is 11.4 Å². The zero-order chi connectivity index (χ0) is 14.0. The van der Waals surface area contributed by atoms with Crippen LogP contribution in [0.25, 0.3) is 10.9 Å². The Bertz CT molecular complexity index is 598. The molecule has 0 aliphatic heterocycles. The number of alkyl halides is 1. The summed E-state index contributed by atoms with van der Waals surface area (Å²) in [6.45, 7) is 0. The Kier molecular flexibility index (Phi) is 4.04. The van der Waals surface area contributed by atoms with Gasteiger partial charge in [0.2, 0.25) is 0 Å². The van der Waals surface area contributed by atoms with Crippen LogP contribution in [0.15, 0.2) is 18.3 Å². The molecule has 0 radical (unpaired) electrons. The number of benzene rings is 1. The van der Waals surface area contributed by atoms with Gasteiger partial charge in [0.05, 0.1) is 36.4 Å². The van der Waals surface area contributed by atoms with Crippen molar-refractivity contribution < 1.29 is 19.7 Å². The molecule has 3 N–H and O–H groups in total. The van der Waals surface area contributed by atoms with Crippen LogP contribution < -0.4 is 0 Å². The fraction of sp³-hybridized carbons (Fsp3) is 0.333. The third-order valence-electron chi connectivity index (χ3n) is 2.85. The quantitative estimate of drug-likeness (QED) is 0.575. The lowest BCUT2D eigenvalue weighted by Gasteiger charge is -2.16. The molecule has 0 saturated carbocycles. The van der Waals surface area contributed by atoms with Gasteiger partial charge in [-0.05, 0) is 17.7 Å². The van der Waals surface area contributed by atoms with Crippen molar-refractivity contribution in [2.45, 2.75) is 12.2 Å². The number of aromatic amines is 1. The lowest BCUT2D eigenvalue weighted by molar-refractivity contribution is 0.0326. The average Bonchev–Trinajstić information content (AvgIpc) is 2.91. The second kappa shape index (κ2) is 5.56. The number of fused-ring (bicyclic) bond motifs is 1. The maximum absolute atomic E-state index is 11.7. The van der Waals surface area contributed by atoms with Crippen molar-refractivity contribution in [3.63, 3.8) is 0 Å². The summed E-state index contributed by atoms with van der Waals surface area (Å²) in [5.74, 6) is -0.656. The zero-order valence-electron chi connectivity index (χ0n) is 10.1. The summed E-state index contributed by atoms with van der Waals surface area (Å²) < 4.78 is 4.68. The number of methoxy groups -OCH3 is 1. The van der Waals surface area contributed by atoms with Crippen LogP contribution in [-0.2, 0) is 4.74 Å². The fourth-order valence-corrected chi connectivity index (χ4v) is 2.00. The molecule has 2 unspecified atom stereocenters. The zero-order valence-corrected chi connectivity index (χ0v) is 10.9. The highest BCUT2D eigenvalue weighted by Crippen LogP contribution is 2.25. The first-order valence-electron chi connectivity index (χ1n) is 5.56. The van der Waals surface area contributed by atoms with Gasteiger partial charge >= 0.3 is 5.97 Å². The van der Waals surface area contributed by atoms with Crippen molar-refractivity contribution in [3.05, 3.63) is 29.5 Å². The van der Waals surface area contributed by atoms with E-state index >= 15 is 0 Å². The van der Waals surface area contributed by atoms with Crippen LogP contribution in [0, 0.1) is 0 Å². The first-order chi connectivity index (χ1) is 9.08. The summed E-state index contributed by atoms with van der Waals surface area (Å²) in [6, 6.07) is 3.07. The molecule has 19 heavy (non-hydrogen) atoms. The number of aliphatic hydroxyl groups is 2. The molecule has 7 heteroatoms.